The number of carbonyl (C=O) groups is 1. The molecular formula is C8H12FNO5S. The Morgan fingerprint density at radius 1 is 1.38 bits per heavy atom. The fourth-order valence-electron chi connectivity index (χ4n) is 1.79. The Hall–Kier alpha value is -0.730. The molecule has 0 bridgehead atoms. The molecule has 0 radical (unpaired) electrons. The molecule has 2 rings (SSSR count). The maximum Gasteiger partial charge on any atom is 0.307 e. The number of nitrogens with zero attached hydrogens (tertiary/aromatic N) is 1. The predicted octanol–water partition coefficient (Wildman–Crippen LogP) is -0.740. The van der Waals surface area contributed by atoms with Crippen LogP contribution >= 0.6 is 0 Å². The SMILES string of the molecule is O=C1CC(S(=O)(=O)F)CN1CC1OCCO1. The lowest BCUT2D eigenvalue weighted by Crippen LogP contribution is -2.35. The van der Waals surface area contributed by atoms with Gasteiger partial charge >= 0.3 is 10.2 Å². The van der Waals surface area contributed by atoms with Crippen molar-refractivity contribution in [1.82, 2.24) is 4.90 Å². The van der Waals surface area contributed by atoms with Gasteiger partial charge in [-0.25, -0.2) is 0 Å². The lowest BCUT2D eigenvalue weighted by atomic mass is 10.4. The topological polar surface area (TPSA) is 72.9 Å². The summed E-state index contributed by atoms with van der Waals surface area (Å²) in [5.74, 6) is -0.384. The van der Waals surface area contributed by atoms with Crippen molar-refractivity contribution in [2.24, 2.45) is 0 Å². The molecule has 2 aliphatic heterocycles. The van der Waals surface area contributed by atoms with E-state index in [0.717, 1.165) is 0 Å². The van der Waals surface area contributed by atoms with Gasteiger partial charge in [0, 0.05) is 13.0 Å². The summed E-state index contributed by atoms with van der Waals surface area (Å²) in [7, 11) is -4.65. The van der Waals surface area contributed by atoms with E-state index in [1.807, 2.05) is 0 Å². The molecule has 1 unspecified atom stereocenters. The van der Waals surface area contributed by atoms with Crippen LogP contribution in [-0.4, -0.2) is 57.1 Å². The van der Waals surface area contributed by atoms with Crippen molar-refractivity contribution in [3.63, 3.8) is 0 Å². The summed E-state index contributed by atoms with van der Waals surface area (Å²) < 4.78 is 44.2. The maximum atomic E-state index is 12.7. The third-order valence-electron chi connectivity index (χ3n) is 2.64. The number of halogens is 1. The zero-order chi connectivity index (χ0) is 11.8. The van der Waals surface area contributed by atoms with Crippen molar-refractivity contribution in [3.8, 4) is 0 Å². The molecule has 1 atom stereocenters. The number of ether oxygens (including phenoxy) is 2. The van der Waals surface area contributed by atoms with Gasteiger partial charge in [0.1, 0.15) is 5.25 Å². The van der Waals surface area contributed by atoms with Crippen LogP contribution in [0.15, 0.2) is 0 Å². The maximum absolute atomic E-state index is 12.7. The zero-order valence-corrected chi connectivity index (χ0v) is 9.28. The molecule has 2 fully saturated rings. The second-order valence-corrected chi connectivity index (χ2v) is 5.39. The van der Waals surface area contributed by atoms with Gasteiger partial charge in [-0.1, -0.05) is 0 Å². The van der Waals surface area contributed by atoms with Crippen molar-refractivity contribution in [2.45, 2.75) is 18.0 Å². The lowest BCUT2D eigenvalue weighted by molar-refractivity contribution is -0.133. The van der Waals surface area contributed by atoms with E-state index in [0.29, 0.717) is 13.2 Å². The van der Waals surface area contributed by atoms with E-state index in [1.165, 1.54) is 4.90 Å². The Morgan fingerprint density at radius 2 is 2.00 bits per heavy atom. The van der Waals surface area contributed by atoms with Gasteiger partial charge in [0.15, 0.2) is 6.29 Å². The first-order valence-electron chi connectivity index (χ1n) is 4.91. The van der Waals surface area contributed by atoms with Crippen LogP contribution in [-0.2, 0) is 24.5 Å². The molecule has 2 heterocycles. The first kappa shape index (κ1) is 11.7. The Bertz CT molecular complexity index is 378. The predicted molar refractivity (Wildman–Crippen MR) is 50.7 cm³/mol. The molecule has 0 aliphatic carbocycles. The number of amides is 1. The number of hydrogen-bond donors (Lipinski definition) is 0. The Morgan fingerprint density at radius 3 is 2.50 bits per heavy atom. The van der Waals surface area contributed by atoms with Gasteiger partial charge in [-0.3, -0.25) is 4.79 Å². The molecule has 1 amide bonds. The third-order valence-corrected chi connectivity index (χ3v) is 3.75. The van der Waals surface area contributed by atoms with Crippen molar-refractivity contribution < 1.29 is 26.6 Å². The van der Waals surface area contributed by atoms with Crippen LogP contribution in [0.2, 0.25) is 0 Å². The van der Waals surface area contributed by atoms with E-state index < -0.39 is 21.8 Å². The summed E-state index contributed by atoms with van der Waals surface area (Å²) in [4.78, 5) is 12.7. The smallest absolute Gasteiger partial charge is 0.307 e. The number of hydrogen-bond acceptors (Lipinski definition) is 5. The standard InChI is InChI=1S/C8H12FNO5S/c9-16(12,13)6-3-7(11)10(4-6)5-8-14-1-2-15-8/h6,8H,1-5H2. The molecule has 6 nitrogen and oxygen atoms in total. The fourth-order valence-corrected chi connectivity index (χ4v) is 2.49. The van der Waals surface area contributed by atoms with E-state index >= 15 is 0 Å². The van der Waals surface area contributed by atoms with E-state index in [1.54, 1.807) is 0 Å². The van der Waals surface area contributed by atoms with Gasteiger partial charge in [0.05, 0.1) is 19.8 Å². The van der Waals surface area contributed by atoms with E-state index in [4.69, 9.17) is 9.47 Å². The Labute approximate surface area is 92.5 Å². The van der Waals surface area contributed by atoms with E-state index in [-0.39, 0.29) is 25.4 Å². The minimum Gasteiger partial charge on any atom is -0.348 e. The number of rotatable bonds is 3. The van der Waals surface area contributed by atoms with Crippen LogP contribution in [0, 0.1) is 0 Å². The molecule has 2 saturated heterocycles. The van der Waals surface area contributed by atoms with Crippen molar-refractivity contribution >= 4 is 16.1 Å². The molecule has 16 heavy (non-hydrogen) atoms. The normalized spacial score (nSPS) is 27.9. The van der Waals surface area contributed by atoms with Gasteiger partial charge in [-0.05, 0) is 0 Å². The molecule has 92 valence electrons. The molecule has 2 aliphatic rings. The molecule has 0 N–H and O–H groups in total. The number of likely N-dealkylation sites (tertiary alicyclic amines) is 1. The molecule has 0 aromatic carbocycles. The average molecular weight is 253 g/mol. The van der Waals surface area contributed by atoms with Crippen molar-refractivity contribution in [1.29, 1.82) is 0 Å². The van der Waals surface area contributed by atoms with Crippen molar-refractivity contribution in [2.75, 3.05) is 26.3 Å². The first-order chi connectivity index (χ1) is 7.47. The third kappa shape index (κ3) is 2.50. The summed E-state index contributed by atoms with van der Waals surface area (Å²) in [6.07, 6.45) is -0.823. The van der Waals surface area contributed by atoms with Gasteiger partial charge in [-0.2, -0.15) is 8.42 Å². The number of carbonyl (C=O) groups excluding carboxylic acids is 1. The minimum atomic E-state index is -4.65. The van der Waals surface area contributed by atoms with Gasteiger partial charge in [0.2, 0.25) is 5.91 Å². The van der Waals surface area contributed by atoms with E-state index in [9.17, 15) is 17.1 Å². The van der Waals surface area contributed by atoms with Crippen molar-refractivity contribution in [3.05, 3.63) is 0 Å². The average Bonchev–Trinajstić information content (AvgIpc) is 2.76. The monoisotopic (exact) mass is 253 g/mol. The second kappa shape index (κ2) is 4.27. The van der Waals surface area contributed by atoms with E-state index in [2.05, 4.69) is 0 Å². The molecule has 0 saturated carbocycles. The molecule has 0 aromatic heterocycles. The second-order valence-electron chi connectivity index (χ2n) is 3.77. The van der Waals surface area contributed by atoms with Crippen LogP contribution in [0.3, 0.4) is 0 Å². The highest BCUT2D eigenvalue weighted by Gasteiger charge is 2.39. The summed E-state index contributed by atoms with van der Waals surface area (Å²) >= 11 is 0. The van der Waals surface area contributed by atoms with Crippen LogP contribution in [0.5, 0.6) is 0 Å². The quantitative estimate of drug-likeness (QED) is 0.619. The first-order valence-corrected chi connectivity index (χ1v) is 6.36. The largest absolute Gasteiger partial charge is 0.348 e. The van der Waals surface area contributed by atoms with Gasteiger partial charge in [-0.15, -0.1) is 3.89 Å². The molecule has 8 heteroatoms. The summed E-state index contributed by atoms with van der Waals surface area (Å²) in [5, 5.41) is -1.25. The van der Waals surface area contributed by atoms with Gasteiger partial charge < -0.3 is 14.4 Å². The highest BCUT2D eigenvalue weighted by Crippen LogP contribution is 2.20. The fraction of sp³-hybridized carbons (Fsp3) is 0.875. The summed E-state index contributed by atoms with van der Waals surface area (Å²) in [6.45, 7) is 0.945. The van der Waals surface area contributed by atoms with Crippen LogP contribution < -0.4 is 0 Å². The highest BCUT2D eigenvalue weighted by molar-refractivity contribution is 7.87. The van der Waals surface area contributed by atoms with Crippen LogP contribution in [0.4, 0.5) is 3.89 Å². The zero-order valence-electron chi connectivity index (χ0n) is 8.46. The lowest BCUT2D eigenvalue weighted by Gasteiger charge is -2.19. The minimum absolute atomic E-state index is 0.124. The summed E-state index contributed by atoms with van der Waals surface area (Å²) in [6, 6.07) is 0. The molecule has 0 aromatic rings. The van der Waals surface area contributed by atoms with Crippen LogP contribution in [0.1, 0.15) is 6.42 Å². The Balaban J connectivity index is 1.94. The highest BCUT2D eigenvalue weighted by atomic mass is 32.3. The van der Waals surface area contributed by atoms with Crippen LogP contribution in [0.25, 0.3) is 0 Å². The Kier molecular flexibility index (Phi) is 3.13. The van der Waals surface area contributed by atoms with Gasteiger partial charge in [0.25, 0.3) is 0 Å². The molecule has 0 spiro atoms. The molecular weight excluding hydrogens is 241 g/mol. The summed E-state index contributed by atoms with van der Waals surface area (Å²) in [5.41, 5.74) is 0.